The van der Waals surface area contributed by atoms with Crippen LogP contribution in [-0.4, -0.2) is 0 Å². The Kier molecular flexibility index (Phi) is 2.79. The Morgan fingerprint density at radius 1 is 1.25 bits per heavy atom. The van der Waals surface area contributed by atoms with Crippen molar-refractivity contribution in [2.75, 3.05) is 0 Å². The van der Waals surface area contributed by atoms with Crippen molar-refractivity contribution in [3.63, 3.8) is 0 Å². The van der Waals surface area contributed by atoms with Gasteiger partial charge in [-0.15, -0.1) is 0 Å². The van der Waals surface area contributed by atoms with Gasteiger partial charge >= 0.3 is 0 Å². The van der Waals surface area contributed by atoms with Crippen molar-refractivity contribution in [2.45, 2.75) is 20.4 Å². The zero-order chi connectivity index (χ0) is 11.7. The molecule has 2 nitrogen and oxygen atoms in total. The topological polar surface area (TPSA) is 39.2 Å². The molecule has 0 unspecified atom stereocenters. The molecule has 1 heterocycles. The maximum Gasteiger partial charge on any atom is 0.137 e. The van der Waals surface area contributed by atoms with Crippen molar-refractivity contribution in [3.05, 3.63) is 47.0 Å². The van der Waals surface area contributed by atoms with E-state index in [4.69, 9.17) is 10.2 Å². The number of nitrogens with two attached hydrogens (primary N) is 1. The van der Waals surface area contributed by atoms with Crippen LogP contribution in [0.5, 0.6) is 0 Å². The van der Waals surface area contributed by atoms with Crippen LogP contribution in [0.3, 0.4) is 0 Å². The van der Waals surface area contributed by atoms with Gasteiger partial charge in [0, 0.05) is 0 Å². The van der Waals surface area contributed by atoms with E-state index < -0.39 is 0 Å². The second-order valence-corrected chi connectivity index (χ2v) is 3.91. The average molecular weight is 219 g/mol. The number of rotatable bonds is 2. The minimum Gasteiger partial charge on any atom is -0.460 e. The molecule has 2 rings (SSSR count). The molecular formula is C13H14FNO. The van der Waals surface area contributed by atoms with Gasteiger partial charge < -0.3 is 10.2 Å². The Balaban J connectivity index is 2.55. The van der Waals surface area contributed by atoms with Gasteiger partial charge in [-0.2, -0.15) is 0 Å². The van der Waals surface area contributed by atoms with Gasteiger partial charge in [0.05, 0.1) is 12.1 Å². The third-order valence-electron chi connectivity index (χ3n) is 2.54. The van der Waals surface area contributed by atoms with Gasteiger partial charge in [-0.3, -0.25) is 0 Å². The predicted octanol–water partition coefficient (Wildman–Crippen LogP) is 3.16. The van der Waals surface area contributed by atoms with Crippen LogP contribution in [0, 0.1) is 19.7 Å². The fraction of sp³-hybridized carbons (Fsp3) is 0.231. The number of hydrogen-bond donors (Lipinski definition) is 1. The summed E-state index contributed by atoms with van der Waals surface area (Å²) in [4.78, 5) is 0. The Labute approximate surface area is 93.9 Å². The molecule has 0 aliphatic heterocycles. The van der Waals surface area contributed by atoms with Gasteiger partial charge in [0.25, 0.3) is 0 Å². The minimum atomic E-state index is -0.254. The summed E-state index contributed by atoms with van der Waals surface area (Å²) in [6.07, 6.45) is 0. The molecule has 0 aliphatic rings. The molecule has 0 atom stereocenters. The zero-order valence-corrected chi connectivity index (χ0v) is 9.38. The zero-order valence-electron chi connectivity index (χ0n) is 9.38. The Hall–Kier alpha value is -1.61. The molecule has 0 amide bonds. The number of halogens is 1. The summed E-state index contributed by atoms with van der Waals surface area (Å²) in [6, 6.07) is 6.97. The highest BCUT2D eigenvalue weighted by molar-refractivity contribution is 5.63. The standard InChI is InChI=1S/C13H14FNO/c1-8-5-9(2)13(11(14)6-8)12-4-3-10(7-15)16-12/h3-6H,7,15H2,1-2H3. The normalized spacial score (nSPS) is 10.8. The lowest BCUT2D eigenvalue weighted by molar-refractivity contribution is 0.519. The highest BCUT2D eigenvalue weighted by Crippen LogP contribution is 2.29. The van der Waals surface area contributed by atoms with E-state index in [1.807, 2.05) is 19.9 Å². The molecule has 3 heteroatoms. The molecule has 0 radical (unpaired) electrons. The molecule has 2 aromatic rings. The van der Waals surface area contributed by atoms with Crippen LogP contribution in [0.15, 0.2) is 28.7 Å². The summed E-state index contributed by atoms with van der Waals surface area (Å²) in [5, 5.41) is 0. The van der Waals surface area contributed by atoms with Crippen molar-refractivity contribution in [2.24, 2.45) is 5.73 Å². The van der Waals surface area contributed by atoms with Crippen LogP contribution < -0.4 is 5.73 Å². The Bertz CT molecular complexity index is 493. The van der Waals surface area contributed by atoms with Crippen LogP contribution in [0.25, 0.3) is 11.3 Å². The quantitative estimate of drug-likeness (QED) is 0.842. The fourth-order valence-electron chi connectivity index (χ4n) is 1.85. The summed E-state index contributed by atoms with van der Waals surface area (Å²) in [5.74, 6) is 0.945. The summed E-state index contributed by atoms with van der Waals surface area (Å²) in [5.41, 5.74) is 7.75. The van der Waals surface area contributed by atoms with Gasteiger partial charge in [-0.1, -0.05) is 6.07 Å². The summed E-state index contributed by atoms with van der Waals surface area (Å²) >= 11 is 0. The van der Waals surface area contributed by atoms with Gasteiger partial charge in [0.15, 0.2) is 0 Å². The van der Waals surface area contributed by atoms with Crippen molar-refractivity contribution >= 4 is 0 Å². The first kappa shape index (κ1) is 10.9. The number of aryl methyl sites for hydroxylation is 2. The summed E-state index contributed by atoms with van der Waals surface area (Å²) in [6.45, 7) is 4.07. The van der Waals surface area contributed by atoms with E-state index in [1.54, 1.807) is 12.1 Å². The van der Waals surface area contributed by atoms with E-state index in [2.05, 4.69) is 0 Å². The molecular weight excluding hydrogens is 205 g/mol. The second kappa shape index (κ2) is 4.10. The van der Waals surface area contributed by atoms with Gasteiger partial charge in [-0.05, 0) is 43.2 Å². The van der Waals surface area contributed by atoms with E-state index >= 15 is 0 Å². The van der Waals surface area contributed by atoms with Crippen LogP contribution in [0.4, 0.5) is 4.39 Å². The molecule has 1 aromatic heterocycles. The molecule has 0 saturated heterocycles. The molecule has 0 fully saturated rings. The van der Waals surface area contributed by atoms with Crippen molar-refractivity contribution in [1.29, 1.82) is 0 Å². The number of furan rings is 1. The largest absolute Gasteiger partial charge is 0.460 e. The van der Waals surface area contributed by atoms with Gasteiger partial charge in [0.1, 0.15) is 17.3 Å². The van der Waals surface area contributed by atoms with Gasteiger partial charge in [0.2, 0.25) is 0 Å². The van der Waals surface area contributed by atoms with E-state index in [0.29, 0.717) is 23.6 Å². The predicted molar refractivity (Wildman–Crippen MR) is 61.5 cm³/mol. The van der Waals surface area contributed by atoms with E-state index in [9.17, 15) is 4.39 Å². The highest BCUT2D eigenvalue weighted by atomic mass is 19.1. The van der Waals surface area contributed by atoms with Crippen LogP contribution in [0.1, 0.15) is 16.9 Å². The first-order chi connectivity index (χ1) is 7.61. The summed E-state index contributed by atoms with van der Waals surface area (Å²) in [7, 11) is 0. The van der Waals surface area contributed by atoms with Crippen molar-refractivity contribution in [1.82, 2.24) is 0 Å². The lowest BCUT2D eigenvalue weighted by Crippen LogP contribution is -1.93. The molecule has 2 N–H and O–H groups in total. The molecule has 0 saturated carbocycles. The van der Waals surface area contributed by atoms with Crippen LogP contribution in [0.2, 0.25) is 0 Å². The maximum absolute atomic E-state index is 13.8. The lowest BCUT2D eigenvalue weighted by Gasteiger charge is -2.05. The highest BCUT2D eigenvalue weighted by Gasteiger charge is 2.12. The monoisotopic (exact) mass is 219 g/mol. The van der Waals surface area contributed by atoms with Crippen LogP contribution in [-0.2, 0) is 6.54 Å². The molecule has 0 bridgehead atoms. The van der Waals surface area contributed by atoms with E-state index in [1.165, 1.54) is 6.07 Å². The van der Waals surface area contributed by atoms with E-state index in [0.717, 1.165) is 11.1 Å². The second-order valence-electron chi connectivity index (χ2n) is 3.91. The average Bonchev–Trinajstić information content (AvgIpc) is 2.64. The molecule has 0 aliphatic carbocycles. The number of hydrogen-bond acceptors (Lipinski definition) is 2. The first-order valence-corrected chi connectivity index (χ1v) is 5.17. The molecule has 16 heavy (non-hydrogen) atoms. The fourth-order valence-corrected chi connectivity index (χ4v) is 1.85. The van der Waals surface area contributed by atoms with Gasteiger partial charge in [-0.25, -0.2) is 4.39 Å². The van der Waals surface area contributed by atoms with Crippen molar-refractivity contribution in [3.8, 4) is 11.3 Å². The van der Waals surface area contributed by atoms with E-state index in [-0.39, 0.29) is 5.82 Å². The minimum absolute atomic E-state index is 0.254. The Morgan fingerprint density at radius 2 is 2.00 bits per heavy atom. The smallest absolute Gasteiger partial charge is 0.137 e. The maximum atomic E-state index is 13.8. The lowest BCUT2D eigenvalue weighted by atomic mass is 10.0. The molecule has 0 spiro atoms. The SMILES string of the molecule is Cc1cc(C)c(-c2ccc(CN)o2)c(F)c1. The molecule has 1 aromatic carbocycles. The number of benzene rings is 1. The summed E-state index contributed by atoms with van der Waals surface area (Å²) < 4.78 is 19.3. The third kappa shape index (κ3) is 1.86. The Morgan fingerprint density at radius 3 is 2.56 bits per heavy atom. The molecule has 84 valence electrons. The third-order valence-corrected chi connectivity index (χ3v) is 2.54. The van der Waals surface area contributed by atoms with Crippen molar-refractivity contribution < 1.29 is 8.81 Å². The first-order valence-electron chi connectivity index (χ1n) is 5.17. The van der Waals surface area contributed by atoms with Crippen LogP contribution >= 0.6 is 0 Å².